The van der Waals surface area contributed by atoms with Crippen LogP contribution in [0.1, 0.15) is 19.8 Å². The van der Waals surface area contributed by atoms with Crippen LogP contribution in [0.5, 0.6) is 0 Å². The predicted octanol–water partition coefficient (Wildman–Crippen LogP) is 1.97. The van der Waals surface area contributed by atoms with Crippen molar-refractivity contribution < 1.29 is 13.2 Å². The second kappa shape index (κ2) is 6.64. The number of halogens is 1. The molecule has 1 aliphatic rings. The second-order valence-corrected chi connectivity index (χ2v) is 7.29. The third kappa shape index (κ3) is 4.59. The average molecular weight is 332 g/mol. The minimum atomic E-state index is -3.89. The number of benzene rings is 1. The first-order valence-electron chi connectivity index (χ1n) is 6.71. The molecule has 1 fully saturated rings. The summed E-state index contributed by atoms with van der Waals surface area (Å²) in [4.78, 5) is 11.8. The van der Waals surface area contributed by atoms with E-state index in [2.05, 4.69) is 12.3 Å². The van der Waals surface area contributed by atoms with Crippen molar-refractivity contribution in [3.05, 3.63) is 29.3 Å². The zero-order valence-corrected chi connectivity index (χ0v) is 13.2. The molecule has 0 bridgehead atoms. The van der Waals surface area contributed by atoms with Gasteiger partial charge in [0.15, 0.2) is 0 Å². The summed E-state index contributed by atoms with van der Waals surface area (Å²) in [5.41, 5.74) is 2.55. The molecule has 0 unspecified atom stereocenters. The van der Waals surface area contributed by atoms with Crippen molar-refractivity contribution in [1.29, 1.82) is 0 Å². The Labute approximate surface area is 129 Å². The van der Waals surface area contributed by atoms with Crippen LogP contribution in [0.4, 0.5) is 4.79 Å². The van der Waals surface area contributed by atoms with E-state index >= 15 is 0 Å². The van der Waals surface area contributed by atoms with Crippen molar-refractivity contribution in [2.45, 2.75) is 24.7 Å². The molecule has 1 saturated heterocycles. The summed E-state index contributed by atoms with van der Waals surface area (Å²) >= 11 is 5.71. The highest BCUT2D eigenvalue weighted by Gasteiger charge is 2.21. The third-order valence-corrected chi connectivity index (χ3v) is 4.99. The van der Waals surface area contributed by atoms with Gasteiger partial charge < -0.3 is 0 Å². The van der Waals surface area contributed by atoms with E-state index in [1.165, 1.54) is 24.3 Å². The molecular weight excluding hydrogens is 314 g/mol. The first kappa shape index (κ1) is 16.1. The van der Waals surface area contributed by atoms with Gasteiger partial charge in [-0.05, 0) is 43.0 Å². The molecule has 1 aromatic rings. The van der Waals surface area contributed by atoms with Gasteiger partial charge in [0.05, 0.1) is 4.90 Å². The lowest BCUT2D eigenvalue weighted by molar-refractivity contribution is 0.137. The Balaban J connectivity index is 1.93. The number of urea groups is 1. The number of nitrogens with one attached hydrogen (secondary N) is 2. The van der Waals surface area contributed by atoms with Crippen LogP contribution in [-0.2, 0) is 10.0 Å². The van der Waals surface area contributed by atoms with E-state index in [9.17, 15) is 13.2 Å². The van der Waals surface area contributed by atoms with Crippen LogP contribution < -0.4 is 10.1 Å². The van der Waals surface area contributed by atoms with Gasteiger partial charge in [-0.1, -0.05) is 18.5 Å². The summed E-state index contributed by atoms with van der Waals surface area (Å²) in [6.07, 6.45) is 1.95. The molecule has 0 saturated carbocycles. The number of hydrogen-bond donors (Lipinski definition) is 2. The minimum absolute atomic E-state index is 0.00526. The number of amides is 2. The molecule has 1 aliphatic heterocycles. The minimum Gasteiger partial charge on any atom is -0.270 e. The molecule has 0 spiro atoms. The number of hydrazine groups is 1. The molecule has 0 radical (unpaired) electrons. The largest absolute Gasteiger partial charge is 0.343 e. The lowest BCUT2D eigenvalue weighted by atomic mass is 10.0. The predicted molar refractivity (Wildman–Crippen MR) is 80.3 cm³/mol. The molecule has 116 valence electrons. The number of carbonyl (C=O) groups excluding carboxylic acids is 1. The monoisotopic (exact) mass is 331 g/mol. The molecule has 1 aromatic carbocycles. The van der Waals surface area contributed by atoms with E-state index in [1.54, 1.807) is 5.01 Å². The van der Waals surface area contributed by atoms with E-state index < -0.39 is 16.1 Å². The molecule has 2 N–H and O–H groups in total. The zero-order valence-electron chi connectivity index (χ0n) is 11.7. The topological polar surface area (TPSA) is 78.5 Å². The number of carbonyl (C=O) groups is 1. The highest BCUT2D eigenvalue weighted by atomic mass is 35.5. The molecule has 8 heteroatoms. The van der Waals surface area contributed by atoms with Crippen molar-refractivity contribution in [3.63, 3.8) is 0 Å². The van der Waals surface area contributed by atoms with Gasteiger partial charge >= 0.3 is 6.03 Å². The molecule has 0 atom stereocenters. The van der Waals surface area contributed by atoms with Gasteiger partial charge in [0, 0.05) is 18.1 Å². The molecule has 0 aromatic heterocycles. The first-order valence-corrected chi connectivity index (χ1v) is 8.57. The Morgan fingerprint density at radius 1 is 1.24 bits per heavy atom. The fraction of sp³-hybridized carbons (Fsp3) is 0.462. The van der Waals surface area contributed by atoms with Gasteiger partial charge in [0.2, 0.25) is 0 Å². The van der Waals surface area contributed by atoms with Gasteiger partial charge in [-0.15, -0.1) is 0 Å². The average Bonchev–Trinajstić information content (AvgIpc) is 2.41. The van der Waals surface area contributed by atoms with E-state index in [0.29, 0.717) is 10.9 Å². The maximum absolute atomic E-state index is 12.0. The second-order valence-electron chi connectivity index (χ2n) is 5.17. The summed E-state index contributed by atoms with van der Waals surface area (Å²) in [6, 6.07) is 4.86. The van der Waals surface area contributed by atoms with Crippen LogP contribution in [0.25, 0.3) is 0 Å². The maximum atomic E-state index is 12.0. The van der Waals surface area contributed by atoms with Crippen molar-refractivity contribution in [3.8, 4) is 0 Å². The molecule has 6 nitrogen and oxygen atoms in total. The lowest BCUT2D eigenvalue weighted by Crippen LogP contribution is -2.51. The summed E-state index contributed by atoms with van der Waals surface area (Å²) in [5.74, 6) is 0.629. The van der Waals surface area contributed by atoms with Crippen LogP contribution in [0.3, 0.4) is 0 Å². The highest BCUT2D eigenvalue weighted by Crippen LogP contribution is 2.15. The third-order valence-electron chi connectivity index (χ3n) is 3.39. The maximum Gasteiger partial charge on any atom is 0.343 e. The summed E-state index contributed by atoms with van der Waals surface area (Å²) in [6.45, 7) is 3.59. The fourth-order valence-electron chi connectivity index (χ4n) is 2.08. The van der Waals surface area contributed by atoms with E-state index in [-0.39, 0.29) is 4.90 Å². The Morgan fingerprint density at radius 2 is 1.81 bits per heavy atom. The van der Waals surface area contributed by atoms with Gasteiger partial charge in [-0.2, -0.15) is 0 Å². The van der Waals surface area contributed by atoms with Gasteiger partial charge in [0.1, 0.15) is 0 Å². The summed E-state index contributed by atoms with van der Waals surface area (Å²) < 4.78 is 26.0. The van der Waals surface area contributed by atoms with Crippen LogP contribution in [-0.4, -0.2) is 32.5 Å². The zero-order chi connectivity index (χ0) is 15.5. The van der Waals surface area contributed by atoms with E-state index in [4.69, 9.17) is 11.6 Å². The number of hydrogen-bond acceptors (Lipinski definition) is 4. The molecular formula is C13H18ClN3O3S. The van der Waals surface area contributed by atoms with Crippen LogP contribution in [0.2, 0.25) is 5.02 Å². The molecule has 21 heavy (non-hydrogen) atoms. The lowest BCUT2D eigenvalue weighted by Gasteiger charge is -2.30. The molecule has 0 aliphatic carbocycles. The number of nitrogens with zero attached hydrogens (tertiary/aromatic N) is 1. The van der Waals surface area contributed by atoms with Crippen molar-refractivity contribution in [1.82, 2.24) is 15.2 Å². The Bertz CT molecular complexity index is 596. The Hall–Kier alpha value is -1.31. The molecule has 2 rings (SSSR count). The molecule has 2 amide bonds. The van der Waals surface area contributed by atoms with Crippen LogP contribution in [0.15, 0.2) is 29.2 Å². The smallest absolute Gasteiger partial charge is 0.270 e. The van der Waals surface area contributed by atoms with Crippen molar-refractivity contribution in [2.75, 3.05) is 13.1 Å². The molecule has 1 heterocycles. The van der Waals surface area contributed by atoms with Crippen molar-refractivity contribution >= 4 is 27.7 Å². The van der Waals surface area contributed by atoms with Gasteiger partial charge in [-0.3, -0.25) is 5.43 Å². The van der Waals surface area contributed by atoms with E-state index in [1.807, 2.05) is 4.72 Å². The van der Waals surface area contributed by atoms with Crippen molar-refractivity contribution in [2.24, 2.45) is 5.92 Å². The Morgan fingerprint density at radius 3 is 2.38 bits per heavy atom. The fourth-order valence-corrected chi connectivity index (χ4v) is 3.11. The standard InChI is InChI=1S/C13H18ClN3O3S/c1-10-6-8-17(9-7-10)15-13(18)16-21(19,20)12-4-2-11(14)3-5-12/h2-5,10H,6-9H2,1H3,(H2,15,16,18). The van der Waals surface area contributed by atoms with Crippen LogP contribution in [0, 0.1) is 5.92 Å². The van der Waals surface area contributed by atoms with Gasteiger partial charge in [-0.25, -0.2) is 22.9 Å². The Kier molecular flexibility index (Phi) is 5.08. The first-order chi connectivity index (χ1) is 9.87. The quantitative estimate of drug-likeness (QED) is 0.887. The summed E-state index contributed by atoms with van der Waals surface area (Å²) in [5, 5.41) is 2.16. The SMILES string of the molecule is CC1CCN(NC(=O)NS(=O)(=O)c2ccc(Cl)cc2)CC1. The number of rotatable bonds is 3. The number of sulfonamides is 1. The van der Waals surface area contributed by atoms with Gasteiger partial charge in [0.25, 0.3) is 10.0 Å². The van der Waals surface area contributed by atoms with Crippen LogP contribution >= 0.6 is 11.6 Å². The normalized spacial score (nSPS) is 17.4. The summed E-state index contributed by atoms with van der Waals surface area (Å²) in [7, 11) is -3.89. The highest BCUT2D eigenvalue weighted by molar-refractivity contribution is 7.90. The number of piperidine rings is 1. The van der Waals surface area contributed by atoms with E-state index in [0.717, 1.165) is 25.9 Å².